The second-order valence-corrected chi connectivity index (χ2v) is 5.09. The van der Waals surface area contributed by atoms with Gasteiger partial charge in [-0.1, -0.05) is 36.0 Å². The van der Waals surface area contributed by atoms with Crippen molar-refractivity contribution in [2.24, 2.45) is 16.7 Å². The standard InChI is InChI=1S/C12H16N4OS/c13-12(15-14)18-8-11(17)16-6-5-9-3-1-2-4-10(9)7-16/h1-4H,5-8,14H2,(H2,13,15). The third-order valence-corrected chi connectivity index (χ3v) is 3.75. The van der Waals surface area contributed by atoms with Crippen LogP contribution in [0.5, 0.6) is 0 Å². The van der Waals surface area contributed by atoms with Crippen molar-refractivity contribution in [3.63, 3.8) is 0 Å². The Balaban J connectivity index is 1.94. The monoisotopic (exact) mass is 264 g/mol. The van der Waals surface area contributed by atoms with Gasteiger partial charge in [-0.2, -0.15) is 5.10 Å². The second kappa shape index (κ2) is 5.77. The highest BCUT2D eigenvalue weighted by Crippen LogP contribution is 2.19. The summed E-state index contributed by atoms with van der Waals surface area (Å²) >= 11 is 1.17. The normalized spacial score (nSPS) is 15.3. The van der Waals surface area contributed by atoms with E-state index in [9.17, 15) is 4.79 Å². The largest absolute Gasteiger partial charge is 0.377 e. The molecule has 6 heteroatoms. The van der Waals surface area contributed by atoms with Crippen molar-refractivity contribution in [2.45, 2.75) is 13.0 Å². The van der Waals surface area contributed by atoms with Crippen molar-refractivity contribution < 1.29 is 4.79 Å². The summed E-state index contributed by atoms with van der Waals surface area (Å²) in [6, 6.07) is 8.22. The van der Waals surface area contributed by atoms with E-state index in [1.807, 2.05) is 17.0 Å². The van der Waals surface area contributed by atoms with Crippen LogP contribution < -0.4 is 11.6 Å². The lowest BCUT2D eigenvalue weighted by Gasteiger charge is -2.28. The molecule has 0 bridgehead atoms. The number of benzene rings is 1. The van der Waals surface area contributed by atoms with Gasteiger partial charge in [0.15, 0.2) is 5.17 Å². The van der Waals surface area contributed by atoms with Crippen LogP contribution in [-0.2, 0) is 17.8 Å². The zero-order chi connectivity index (χ0) is 13.0. The molecule has 0 saturated carbocycles. The Hall–Kier alpha value is -1.69. The van der Waals surface area contributed by atoms with Crippen molar-refractivity contribution in [2.75, 3.05) is 12.3 Å². The summed E-state index contributed by atoms with van der Waals surface area (Å²) in [7, 11) is 0. The smallest absolute Gasteiger partial charge is 0.233 e. The molecule has 0 spiro atoms. The van der Waals surface area contributed by atoms with Crippen LogP contribution in [0.3, 0.4) is 0 Å². The Morgan fingerprint density at radius 2 is 2.11 bits per heavy atom. The van der Waals surface area contributed by atoms with Gasteiger partial charge in [0.05, 0.1) is 5.75 Å². The lowest BCUT2D eigenvalue weighted by Crippen LogP contribution is -2.37. The number of amides is 1. The Labute approximate surface area is 110 Å². The third-order valence-electron chi connectivity index (χ3n) is 2.95. The minimum atomic E-state index is 0.0705. The van der Waals surface area contributed by atoms with Gasteiger partial charge in [-0.15, -0.1) is 0 Å². The SMILES string of the molecule is NN=C(N)SCC(=O)N1CCc2ccccc2C1. The Morgan fingerprint density at radius 1 is 1.39 bits per heavy atom. The number of rotatable bonds is 2. The molecule has 1 aromatic carbocycles. The summed E-state index contributed by atoms with van der Waals surface area (Å²) in [4.78, 5) is 13.8. The molecule has 5 nitrogen and oxygen atoms in total. The molecule has 1 heterocycles. The van der Waals surface area contributed by atoms with Crippen molar-refractivity contribution in [3.8, 4) is 0 Å². The Kier molecular flexibility index (Phi) is 4.09. The maximum absolute atomic E-state index is 12.0. The molecule has 1 amide bonds. The molecule has 2 rings (SSSR count). The number of fused-ring (bicyclic) bond motifs is 1. The van der Waals surface area contributed by atoms with Crippen LogP contribution in [-0.4, -0.2) is 28.3 Å². The highest BCUT2D eigenvalue weighted by Gasteiger charge is 2.20. The van der Waals surface area contributed by atoms with E-state index in [-0.39, 0.29) is 16.8 Å². The lowest BCUT2D eigenvalue weighted by atomic mass is 10.00. The number of hydrogen-bond donors (Lipinski definition) is 2. The molecular formula is C12H16N4OS. The maximum atomic E-state index is 12.0. The molecule has 18 heavy (non-hydrogen) atoms. The molecule has 0 aromatic heterocycles. The van der Waals surface area contributed by atoms with Crippen LogP contribution in [0.25, 0.3) is 0 Å². The first kappa shape index (κ1) is 12.8. The summed E-state index contributed by atoms with van der Waals surface area (Å²) < 4.78 is 0. The topological polar surface area (TPSA) is 84.7 Å². The van der Waals surface area contributed by atoms with E-state index in [4.69, 9.17) is 11.6 Å². The van der Waals surface area contributed by atoms with Crippen LogP contribution >= 0.6 is 11.8 Å². The molecule has 0 saturated heterocycles. The van der Waals surface area contributed by atoms with E-state index in [1.165, 1.54) is 22.9 Å². The zero-order valence-electron chi connectivity index (χ0n) is 10.0. The lowest BCUT2D eigenvalue weighted by molar-refractivity contribution is -0.129. The van der Waals surface area contributed by atoms with Gasteiger partial charge >= 0.3 is 0 Å². The third kappa shape index (κ3) is 2.95. The number of amidine groups is 1. The van der Waals surface area contributed by atoms with Gasteiger partial charge in [-0.05, 0) is 17.5 Å². The van der Waals surface area contributed by atoms with E-state index in [1.54, 1.807) is 0 Å². The Bertz CT molecular complexity index is 475. The van der Waals surface area contributed by atoms with Crippen molar-refractivity contribution in [1.29, 1.82) is 0 Å². The highest BCUT2D eigenvalue weighted by atomic mass is 32.2. The number of hydrazone groups is 1. The number of nitrogens with zero attached hydrogens (tertiary/aromatic N) is 2. The van der Waals surface area contributed by atoms with E-state index in [0.717, 1.165) is 13.0 Å². The van der Waals surface area contributed by atoms with Crippen LogP contribution in [0.4, 0.5) is 0 Å². The number of hydrogen-bond acceptors (Lipinski definition) is 4. The van der Waals surface area contributed by atoms with Gasteiger partial charge in [-0.25, -0.2) is 0 Å². The zero-order valence-corrected chi connectivity index (χ0v) is 10.8. The first-order chi connectivity index (χ1) is 8.70. The van der Waals surface area contributed by atoms with Gasteiger partial charge in [0.2, 0.25) is 5.91 Å². The molecule has 0 radical (unpaired) electrons. The van der Waals surface area contributed by atoms with Crippen molar-refractivity contribution >= 4 is 22.8 Å². The molecule has 1 aromatic rings. The molecule has 4 N–H and O–H groups in total. The molecule has 1 aliphatic rings. The van der Waals surface area contributed by atoms with Crippen LogP contribution in [0.1, 0.15) is 11.1 Å². The molecule has 0 aliphatic carbocycles. The van der Waals surface area contributed by atoms with E-state index >= 15 is 0 Å². The van der Waals surface area contributed by atoms with Crippen molar-refractivity contribution in [3.05, 3.63) is 35.4 Å². The van der Waals surface area contributed by atoms with Crippen LogP contribution in [0, 0.1) is 0 Å². The molecular weight excluding hydrogens is 248 g/mol. The van der Waals surface area contributed by atoms with E-state index < -0.39 is 0 Å². The number of carbonyl (C=O) groups excluding carboxylic acids is 1. The predicted octanol–water partition coefficient (Wildman–Crippen LogP) is 0.493. The second-order valence-electron chi connectivity index (χ2n) is 4.09. The fourth-order valence-electron chi connectivity index (χ4n) is 1.97. The quantitative estimate of drug-likeness (QED) is 0.352. The first-order valence-corrected chi connectivity index (χ1v) is 6.70. The minimum absolute atomic E-state index is 0.0705. The van der Waals surface area contributed by atoms with Gasteiger partial charge in [0, 0.05) is 13.1 Å². The average molecular weight is 264 g/mol. The fraction of sp³-hybridized carbons (Fsp3) is 0.333. The maximum Gasteiger partial charge on any atom is 0.233 e. The van der Waals surface area contributed by atoms with E-state index in [0.29, 0.717) is 6.54 Å². The summed E-state index contributed by atoms with van der Waals surface area (Å²) in [5, 5.41) is 3.56. The number of carbonyl (C=O) groups is 1. The van der Waals surface area contributed by atoms with Crippen LogP contribution in [0.15, 0.2) is 29.4 Å². The molecule has 0 unspecified atom stereocenters. The summed E-state index contributed by atoms with van der Waals surface area (Å²) in [6.45, 7) is 1.44. The molecule has 96 valence electrons. The van der Waals surface area contributed by atoms with Gasteiger partial charge < -0.3 is 16.5 Å². The minimum Gasteiger partial charge on any atom is -0.377 e. The van der Waals surface area contributed by atoms with Gasteiger partial charge in [-0.3, -0.25) is 4.79 Å². The number of thioether (sulfide) groups is 1. The first-order valence-electron chi connectivity index (χ1n) is 5.71. The van der Waals surface area contributed by atoms with Gasteiger partial charge in [0.1, 0.15) is 0 Å². The molecule has 1 aliphatic heterocycles. The average Bonchev–Trinajstić information content (AvgIpc) is 2.43. The number of nitrogens with two attached hydrogens (primary N) is 2. The summed E-state index contributed by atoms with van der Waals surface area (Å²) in [5.41, 5.74) is 8.00. The fourth-order valence-corrected chi connectivity index (χ4v) is 2.50. The summed E-state index contributed by atoms with van der Waals surface area (Å²) in [6.07, 6.45) is 0.910. The van der Waals surface area contributed by atoms with Gasteiger partial charge in [0.25, 0.3) is 0 Å². The highest BCUT2D eigenvalue weighted by molar-refractivity contribution is 8.14. The molecule has 0 fully saturated rings. The van der Waals surface area contributed by atoms with Crippen LogP contribution in [0.2, 0.25) is 0 Å². The van der Waals surface area contributed by atoms with Crippen molar-refractivity contribution in [1.82, 2.24) is 4.90 Å². The Morgan fingerprint density at radius 3 is 2.83 bits per heavy atom. The summed E-state index contributed by atoms with van der Waals surface area (Å²) in [5.74, 6) is 5.37. The predicted molar refractivity (Wildman–Crippen MR) is 73.8 cm³/mol. The molecule has 0 atom stereocenters. The van der Waals surface area contributed by atoms with E-state index in [2.05, 4.69) is 17.2 Å².